The molecular weight excluding hydrogens is 1060 g/mol. The highest BCUT2D eigenvalue weighted by Crippen LogP contribution is 2.48. The van der Waals surface area contributed by atoms with Gasteiger partial charge in [-0.25, -0.2) is 0 Å². The van der Waals surface area contributed by atoms with Crippen LogP contribution in [0.15, 0.2) is 36.4 Å². The minimum Gasteiger partial charge on any atom is -0.422 e. The summed E-state index contributed by atoms with van der Waals surface area (Å²) in [6.07, 6.45) is 36.1. The van der Waals surface area contributed by atoms with Gasteiger partial charge in [0.1, 0.15) is 0 Å². The zero-order valence-electron chi connectivity index (χ0n) is 53.1. The maximum Gasteiger partial charge on any atom is 0.311 e. The van der Waals surface area contributed by atoms with Gasteiger partial charge < -0.3 is 28.4 Å². The van der Waals surface area contributed by atoms with E-state index < -0.39 is 35.8 Å². The fraction of sp³-hybridized carbons (Fsp3) is 0.667. The second kappa shape index (κ2) is 43.2. The van der Waals surface area contributed by atoms with Crippen LogP contribution in [0.4, 0.5) is 0 Å². The Hall–Kier alpha value is -5.52. The molecule has 0 bridgehead atoms. The summed E-state index contributed by atoms with van der Waals surface area (Å²) in [5.74, 6) is -2.60. The molecule has 0 saturated heterocycles. The molecule has 0 heterocycles. The number of unbranched alkanes of at least 4 members (excludes halogenated alkanes) is 30. The van der Waals surface area contributed by atoms with Gasteiger partial charge in [0.25, 0.3) is 0 Å². The molecule has 0 atom stereocenters. The number of carbonyl (C=O) groups is 6. The summed E-state index contributed by atoms with van der Waals surface area (Å²) < 4.78 is 37.2. The van der Waals surface area contributed by atoms with Crippen molar-refractivity contribution in [2.75, 3.05) is 0 Å². The maximum absolute atomic E-state index is 13.9. The second-order valence-corrected chi connectivity index (χ2v) is 23.5. The van der Waals surface area contributed by atoms with Crippen LogP contribution in [0.2, 0.25) is 0 Å². The van der Waals surface area contributed by atoms with E-state index in [-0.39, 0.29) is 73.0 Å². The number of benzene rings is 4. The van der Waals surface area contributed by atoms with Crippen LogP contribution in [-0.2, 0) is 28.8 Å². The number of esters is 6. The number of hydrogen-bond donors (Lipinski definition) is 0. The lowest BCUT2D eigenvalue weighted by atomic mass is 9.93. The van der Waals surface area contributed by atoms with Crippen molar-refractivity contribution < 1.29 is 57.2 Å². The molecule has 0 N–H and O–H groups in total. The number of rotatable bonds is 48. The van der Waals surface area contributed by atoms with E-state index in [1.54, 1.807) is 36.4 Å². The Bertz CT molecular complexity index is 2110. The third-order valence-corrected chi connectivity index (χ3v) is 15.9. The van der Waals surface area contributed by atoms with E-state index in [9.17, 15) is 28.8 Å². The molecule has 4 aromatic carbocycles. The van der Waals surface area contributed by atoms with Crippen molar-refractivity contribution in [3.8, 4) is 34.5 Å². The van der Waals surface area contributed by atoms with Crippen molar-refractivity contribution in [1.82, 2.24) is 0 Å². The molecule has 4 aromatic rings. The fourth-order valence-corrected chi connectivity index (χ4v) is 10.8. The first-order valence-electron chi connectivity index (χ1n) is 33.8. The van der Waals surface area contributed by atoms with Gasteiger partial charge in [0.2, 0.25) is 0 Å². The van der Waals surface area contributed by atoms with Crippen molar-refractivity contribution in [3.63, 3.8) is 0 Å². The number of hydrogen-bond acceptors (Lipinski definition) is 12. The van der Waals surface area contributed by atoms with Crippen LogP contribution in [0.25, 0.3) is 32.3 Å². The summed E-state index contributed by atoms with van der Waals surface area (Å²) in [5.41, 5.74) is 0. The topological polar surface area (TPSA) is 158 Å². The van der Waals surface area contributed by atoms with Gasteiger partial charge in [0, 0.05) is 38.5 Å². The van der Waals surface area contributed by atoms with E-state index in [0.717, 1.165) is 193 Å². The molecule has 0 amide bonds. The highest BCUT2D eigenvalue weighted by Gasteiger charge is 2.25. The Balaban J connectivity index is 2.01. The molecule has 84 heavy (non-hydrogen) atoms. The Morgan fingerprint density at radius 1 is 0.202 bits per heavy atom. The predicted octanol–water partition coefficient (Wildman–Crippen LogP) is 21.1. The van der Waals surface area contributed by atoms with E-state index >= 15 is 0 Å². The minimum absolute atomic E-state index is 0.0392. The van der Waals surface area contributed by atoms with Crippen molar-refractivity contribution in [1.29, 1.82) is 0 Å². The van der Waals surface area contributed by atoms with Crippen LogP contribution < -0.4 is 28.4 Å². The maximum atomic E-state index is 13.9. The average Bonchev–Trinajstić information content (AvgIpc) is 0.914. The van der Waals surface area contributed by atoms with E-state index in [0.29, 0.717) is 70.8 Å². The molecule has 0 aliphatic heterocycles. The van der Waals surface area contributed by atoms with Crippen molar-refractivity contribution in [3.05, 3.63) is 36.4 Å². The predicted molar refractivity (Wildman–Crippen MR) is 341 cm³/mol. The standard InChI is InChI=1S/C72H108O12/c1-7-13-19-25-31-37-43-67(73)79-61-49-55-56(50-62(61)80-68(74)44-38-32-26-20-14-8-2)58-52-64(82-70(76)46-40-34-28-22-16-10-4)66(84-72(78)48-42-36-30-24-18-12-6)54-60(58)59-53-65(83-71(77)47-41-35-29-23-17-11-5)63(51-57(55)59)81-69(75)45-39-33-27-21-15-9-3/h49-54H,7-48H2,1-6H3. The van der Waals surface area contributed by atoms with Crippen molar-refractivity contribution in [2.24, 2.45) is 0 Å². The Morgan fingerprint density at radius 2 is 0.321 bits per heavy atom. The molecule has 12 nitrogen and oxygen atoms in total. The van der Waals surface area contributed by atoms with Gasteiger partial charge in [-0.1, -0.05) is 234 Å². The lowest BCUT2D eigenvalue weighted by Gasteiger charge is -2.19. The molecule has 0 fully saturated rings. The normalized spacial score (nSPS) is 11.4. The summed E-state index contributed by atoms with van der Waals surface area (Å²) in [6, 6.07) is 10.1. The van der Waals surface area contributed by atoms with Crippen LogP contribution >= 0.6 is 0 Å². The molecule has 0 aliphatic rings. The minimum atomic E-state index is -0.473. The second-order valence-electron chi connectivity index (χ2n) is 23.5. The molecule has 0 aromatic heterocycles. The van der Waals surface area contributed by atoms with E-state index in [2.05, 4.69) is 41.5 Å². The molecule has 0 aliphatic carbocycles. The summed E-state index contributed by atoms with van der Waals surface area (Å²) in [5, 5.41) is 3.12. The molecule has 468 valence electrons. The number of ether oxygens (including phenoxy) is 6. The van der Waals surface area contributed by atoms with E-state index in [1.165, 1.54) is 0 Å². The monoisotopic (exact) mass is 1160 g/mol. The highest BCUT2D eigenvalue weighted by molar-refractivity contribution is 6.27. The molecule has 0 unspecified atom stereocenters. The molecule has 12 heteroatoms. The van der Waals surface area contributed by atoms with Gasteiger partial charge >= 0.3 is 35.8 Å². The largest absolute Gasteiger partial charge is 0.422 e. The van der Waals surface area contributed by atoms with Crippen LogP contribution in [0.5, 0.6) is 34.5 Å². The fourth-order valence-electron chi connectivity index (χ4n) is 10.8. The lowest BCUT2D eigenvalue weighted by Crippen LogP contribution is -2.13. The first-order valence-corrected chi connectivity index (χ1v) is 33.8. The third kappa shape index (κ3) is 27.2. The Labute approximate surface area is 505 Å². The van der Waals surface area contributed by atoms with Crippen LogP contribution in [0, 0.1) is 0 Å². The van der Waals surface area contributed by atoms with Gasteiger partial charge in [-0.3, -0.25) is 28.8 Å². The summed E-state index contributed by atoms with van der Waals surface area (Å²) >= 11 is 0. The van der Waals surface area contributed by atoms with Crippen molar-refractivity contribution >= 4 is 68.1 Å². The van der Waals surface area contributed by atoms with Crippen molar-refractivity contribution in [2.45, 2.75) is 311 Å². The van der Waals surface area contributed by atoms with Gasteiger partial charge in [-0.15, -0.1) is 0 Å². The molecule has 0 radical (unpaired) electrons. The summed E-state index contributed by atoms with van der Waals surface area (Å²) in [6.45, 7) is 13.0. The zero-order chi connectivity index (χ0) is 60.6. The van der Waals surface area contributed by atoms with Gasteiger partial charge in [0.15, 0.2) is 34.5 Å². The number of fused-ring (bicyclic) bond motifs is 6. The van der Waals surface area contributed by atoms with Gasteiger partial charge in [-0.05, 0) is 107 Å². The quantitative estimate of drug-likeness (QED) is 0.0179. The summed E-state index contributed by atoms with van der Waals surface area (Å²) in [4.78, 5) is 83.1. The smallest absolute Gasteiger partial charge is 0.311 e. The Kier molecular flexibility index (Phi) is 36.5. The zero-order valence-corrected chi connectivity index (χ0v) is 53.1. The lowest BCUT2D eigenvalue weighted by molar-refractivity contribution is -0.137. The van der Waals surface area contributed by atoms with Crippen LogP contribution in [0.1, 0.15) is 311 Å². The SMILES string of the molecule is CCCCCCCCC(=O)Oc1cc2c3cc(OC(=O)CCCCCCCC)c(OC(=O)CCCCCCCC)cc3c3cc(OC(=O)CCCCCCCC)c(OC(=O)CCCCCCCC)cc3c2cc1OC(=O)CCCCCCCC. The van der Waals surface area contributed by atoms with E-state index in [1.807, 2.05) is 0 Å². The van der Waals surface area contributed by atoms with Crippen LogP contribution in [0.3, 0.4) is 0 Å². The molecule has 0 spiro atoms. The molecule has 4 rings (SSSR count). The third-order valence-electron chi connectivity index (χ3n) is 15.9. The first kappa shape index (κ1) is 71.0. The Morgan fingerprint density at radius 3 is 0.452 bits per heavy atom. The molecular formula is C72H108O12. The molecule has 0 saturated carbocycles. The first-order chi connectivity index (χ1) is 41.0. The average molecular weight is 1170 g/mol. The summed E-state index contributed by atoms with van der Waals surface area (Å²) in [7, 11) is 0. The van der Waals surface area contributed by atoms with E-state index in [4.69, 9.17) is 28.4 Å². The highest BCUT2D eigenvalue weighted by atomic mass is 16.6. The van der Waals surface area contributed by atoms with Gasteiger partial charge in [-0.2, -0.15) is 0 Å². The van der Waals surface area contributed by atoms with Crippen LogP contribution in [-0.4, -0.2) is 35.8 Å². The number of carbonyl (C=O) groups excluding carboxylic acids is 6. The van der Waals surface area contributed by atoms with Gasteiger partial charge in [0.05, 0.1) is 0 Å².